The molecule has 1 N–H and O–H groups in total. The van der Waals surface area contributed by atoms with Gasteiger partial charge >= 0.3 is 0 Å². The molecule has 0 radical (unpaired) electrons. The summed E-state index contributed by atoms with van der Waals surface area (Å²) in [5.74, 6) is -0.0742. The Kier molecular flexibility index (Phi) is 4.43. The molecule has 1 aliphatic rings. The number of carbonyl (C=O) groups excluding carboxylic acids is 2. The van der Waals surface area contributed by atoms with Crippen LogP contribution in [0.15, 0.2) is 24.3 Å². The van der Waals surface area contributed by atoms with Crippen LogP contribution in [0.1, 0.15) is 40.7 Å². The molecule has 2 amide bonds. The minimum absolute atomic E-state index is 0.0899. The molecule has 6 heteroatoms. The highest BCUT2D eigenvalue weighted by molar-refractivity contribution is 7.18. The van der Waals surface area contributed by atoms with Crippen LogP contribution in [-0.2, 0) is 11.2 Å². The Morgan fingerprint density at radius 2 is 2.26 bits per heavy atom. The van der Waals surface area contributed by atoms with E-state index in [0.29, 0.717) is 29.4 Å². The van der Waals surface area contributed by atoms with Gasteiger partial charge in [0.05, 0.1) is 5.69 Å². The molecule has 1 aromatic heterocycles. The highest BCUT2D eigenvalue weighted by Gasteiger charge is 2.27. The van der Waals surface area contributed by atoms with Gasteiger partial charge in [0.1, 0.15) is 4.88 Å². The van der Waals surface area contributed by atoms with Crippen molar-refractivity contribution in [1.82, 2.24) is 4.98 Å². The largest absolute Gasteiger partial charge is 0.321 e. The first-order valence-corrected chi connectivity index (χ1v) is 8.58. The van der Waals surface area contributed by atoms with E-state index in [-0.39, 0.29) is 11.8 Å². The molecule has 1 aromatic carbocycles. The van der Waals surface area contributed by atoms with E-state index in [4.69, 9.17) is 0 Å². The first-order chi connectivity index (χ1) is 11.1. The lowest BCUT2D eigenvalue weighted by Crippen LogP contribution is -2.23. The summed E-state index contributed by atoms with van der Waals surface area (Å²) in [5, 5.41) is 3.55. The second-order valence-electron chi connectivity index (χ2n) is 5.60. The van der Waals surface area contributed by atoms with Gasteiger partial charge in [0, 0.05) is 18.7 Å². The van der Waals surface area contributed by atoms with Gasteiger partial charge in [0.15, 0.2) is 5.13 Å². The van der Waals surface area contributed by atoms with E-state index in [1.807, 2.05) is 38.1 Å². The Bertz CT molecular complexity index is 754. The molecule has 2 heterocycles. The maximum absolute atomic E-state index is 12.6. The van der Waals surface area contributed by atoms with Crippen LogP contribution in [0.3, 0.4) is 0 Å². The highest BCUT2D eigenvalue weighted by Crippen LogP contribution is 2.30. The van der Waals surface area contributed by atoms with E-state index in [9.17, 15) is 9.59 Å². The molecule has 0 bridgehead atoms. The predicted molar refractivity (Wildman–Crippen MR) is 92.2 cm³/mol. The smallest absolute Gasteiger partial charge is 0.267 e. The summed E-state index contributed by atoms with van der Waals surface area (Å²) >= 11 is 1.30. The summed E-state index contributed by atoms with van der Waals surface area (Å²) in [4.78, 5) is 31.2. The highest BCUT2D eigenvalue weighted by atomic mass is 32.1. The van der Waals surface area contributed by atoms with Crippen LogP contribution in [0.4, 0.5) is 10.8 Å². The second-order valence-corrected chi connectivity index (χ2v) is 6.58. The first kappa shape index (κ1) is 15.7. The van der Waals surface area contributed by atoms with E-state index in [2.05, 4.69) is 10.3 Å². The minimum atomic E-state index is -0.164. The Hall–Kier alpha value is -2.21. The fraction of sp³-hybridized carbons (Fsp3) is 0.353. The van der Waals surface area contributed by atoms with Crippen molar-refractivity contribution in [3.05, 3.63) is 40.4 Å². The quantitative estimate of drug-likeness (QED) is 0.935. The van der Waals surface area contributed by atoms with Crippen molar-refractivity contribution in [3.8, 4) is 0 Å². The van der Waals surface area contributed by atoms with Crippen LogP contribution in [0.2, 0.25) is 0 Å². The van der Waals surface area contributed by atoms with Crippen molar-refractivity contribution in [2.24, 2.45) is 0 Å². The number of amides is 2. The number of carbonyl (C=O) groups is 2. The third kappa shape index (κ3) is 3.27. The van der Waals surface area contributed by atoms with Crippen LogP contribution in [0, 0.1) is 6.92 Å². The van der Waals surface area contributed by atoms with Gasteiger partial charge < -0.3 is 5.32 Å². The zero-order valence-electron chi connectivity index (χ0n) is 13.3. The molecule has 5 nitrogen and oxygen atoms in total. The number of benzene rings is 1. The number of hydrogen-bond donors (Lipinski definition) is 1. The van der Waals surface area contributed by atoms with Crippen molar-refractivity contribution in [1.29, 1.82) is 0 Å². The molecule has 1 fully saturated rings. The van der Waals surface area contributed by atoms with Crippen LogP contribution >= 0.6 is 11.3 Å². The molecule has 0 unspecified atom stereocenters. The van der Waals surface area contributed by atoms with Gasteiger partial charge in [0.2, 0.25) is 5.91 Å². The molecule has 1 saturated heterocycles. The van der Waals surface area contributed by atoms with Gasteiger partial charge in [-0.05, 0) is 37.5 Å². The molecular formula is C17H19N3O2S. The van der Waals surface area contributed by atoms with Gasteiger partial charge in [-0.1, -0.05) is 30.4 Å². The van der Waals surface area contributed by atoms with Crippen LogP contribution in [0.5, 0.6) is 0 Å². The molecule has 0 atom stereocenters. The van der Waals surface area contributed by atoms with E-state index in [1.165, 1.54) is 11.3 Å². The lowest BCUT2D eigenvalue weighted by molar-refractivity contribution is -0.117. The average molecular weight is 329 g/mol. The van der Waals surface area contributed by atoms with E-state index < -0.39 is 0 Å². The molecule has 0 spiro atoms. The third-order valence-corrected chi connectivity index (χ3v) is 4.93. The fourth-order valence-electron chi connectivity index (χ4n) is 2.63. The summed E-state index contributed by atoms with van der Waals surface area (Å²) < 4.78 is 0. The molecular weight excluding hydrogens is 310 g/mol. The average Bonchev–Trinajstić information content (AvgIpc) is 3.12. The number of anilines is 2. The third-order valence-electron chi connectivity index (χ3n) is 3.81. The summed E-state index contributed by atoms with van der Waals surface area (Å²) in [6.45, 7) is 4.64. The number of nitrogens with one attached hydrogen (secondary N) is 1. The van der Waals surface area contributed by atoms with Gasteiger partial charge in [-0.2, -0.15) is 0 Å². The number of nitrogens with zero attached hydrogens (tertiary/aromatic N) is 2. The van der Waals surface area contributed by atoms with Gasteiger partial charge in [-0.15, -0.1) is 0 Å². The number of hydrogen-bond acceptors (Lipinski definition) is 4. The standard InChI is InChI=1S/C17H19N3O2S/c1-3-13-15(16(22)18-12-7-4-6-11(2)10-12)23-17(19-13)20-9-5-8-14(20)21/h4,6-7,10H,3,5,8-9H2,1-2H3,(H,18,22). The van der Waals surface area contributed by atoms with Crippen molar-refractivity contribution >= 4 is 34.0 Å². The second kappa shape index (κ2) is 6.50. The number of aromatic nitrogens is 1. The van der Waals surface area contributed by atoms with Gasteiger partial charge in [0.25, 0.3) is 5.91 Å². The van der Waals surface area contributed by atoms with E-state index in [0.717, 1.165) is 23.4 Å². The lowest BCUT2D eigenvalue weighted by Gasteiger charge is -2.10. The molecule has 120 valence electrons. The predicted octanol–water partition coefficient (Wildman–Crippen LogP) is 3.39. The van der Waals surface area contributed by atoms with Crippen molar-refractivity contribution in [2.45, 2.75) is 33.1 Å². The zero-order chi connectivity index (χ0) is 16.4. The maximum Gasteiger partial charge on any atom is 0.267 e. The van der Waals surface area contributed by atoms with Crippen molar-refractivity contribution in [2.75, 3.05) is 16.8 Å². The maximum atomic E-state index is 12.6. The van der Waals surface area contributed by atoms with Crippen molar-refractivity contribution in [3.63, 3.8) is 0 Å². The molecule has 23 heavy (non-hydrogen) atoms. The van der Waals surface area contributed by atoms with E-state index in [1.54, 1.807) is 4.90 Å². The van der Waals surface area contributed by atoms with Crippen LogP contribution < -0.4 is 10.2 Å². The molecule has 0 aliphatic carbocycles. The summed E-state index contributed by atoms with van der Waals surface area (Å²) in [5.41, 5.74) is 2.60. The molecule has 3 rings (SSSR count). The zero-order valence-corrected chi connectivity index (χ0v) is 14.1. The van der Waals surface area contributed by atoms with E-state index >= 15 is 0 Å². The Balaban J connectivity index is 1.85. The fourth-order valence-corrected chi connectivity index (χ4v) is 3.73. The summed E-state index contributed by atoms with van der Waals surface area (Å²) in [6.07, 6.45) is 2.08. The topological polar surface area (TPSA) is 62.3 Å². The Morgan fingerprint density at radius 3 is 2.91 bits per heavy atom. The van der Waals surface area contributed by atoms with Crippen LogP contribution in [-0.4, -0.2) is 23.3 Å². The SMILES string of the molecule is CCc1nc(N2CCCC2=O)sc1C(=O)Nc1cccc(C)c1. The van der Waals surface area contributed by atoms with Crippen LogP contribution in [0.25, 0.3) is 0 Å². The first-order valence-electron chi connectivity index (χ1n) is 7.76. The van der Waals surface area contributed by atoms with Gasteiger partial charge in [-0.3, -0.25) is 14.5 Å². The van der Waals surface area contributed by atoms with Gasteiger partial charge in [-0.25, -0.2) is 4.98 Å². The Morgan fingerprint density at radius 1 is 1.43 bits per heavy atom. The molecule has 2 aromatic rings. The Labute approximate surface area is 139 Å². The monoisotopic (exact) mass is 329 g/mol. The summed E-state index contributed by atoms with van der Waals surface area (Å²) in [7, 11) is 0. The molecule has 0 saturated carbocycles. The minimum Gasteiger partial charge on any atom is -0.321 e. The number of aryl methyl sites for hydroxylation is 2. The summed E-state index contributed by atoms with van der Waals surface area (Å²) in [6, 6.07) is 7.68. The number of rotatable bonds is 4. The number of thiazole rings is 1. The molecule has 1 aliphatic heterocycles. The normalized spacial score (nSPS) is 14.3. The lowest BCUT2D eigenvalue weighted by atomic mass is 10.2. The van der Waals surface area contributed by atoms with Crippen molar-refractivity contribution < 1.29 is 9.59 Å².